The average molecular weight is 320 g/mol. The molecule has 1 N–H and O–H groups in total. The molecule has 21 heavy (non-hydrogen) atoms. The lowest BCUT2D eigenvalue weighted by Crippen LogP contribution is -2.37. The summed E-state index contributed by atoms with van der Waals surface area (Å²) in [5.41, 5.74) is 8.97. The normalized spacial score (nSPS) is 17.9. The van der Waals surface area contributed by atoms with Gasteiger partial charge in [0.2, 0.25) is 0 Å². The number of quaternary nitrogens is 1. The third-order valence-electron chi connectivity index (χ3n) is 2.39. The lowest BCUT2D eigenvalue weighted by atomic mass is 10.1. The summed E-state index contributed by atoms with van der Waals surface area (Å²) in [5.74, 6) is 0.134. The van der Waals surface area contributed by atoms with Crippen molar-refractivity contribution in [3.05, 3.63) is 29.5 Å². The number of phosphoric acid groups is 1. The van der Waals surface area contributed by atoms with Crippen molar-refractivity contribution in [1.82, 2.24) is 0 Å². The minimum absolute atomic E-state index is 0.134. The van der Waals surface area contributed by atoms with Crippen LogP contribution in [0.1, 0.15) is 6.42 Å². The van der Waals surface area contributed by atoms with Gasteiger partial charge in [0.05, 0.1) is 27.6 Å². The Morgan fingerprint density at radius 2 is 2.14 bits per heavy atom. The molecule has 1 atom stereocenters. The second-order valence-corrected chi connectivity index (χ2v) is 6.66. The van der Waals surface area contributed by atoms with Gasteiger partial charge in [-0.3, -0.25) is 0 Å². The zero-order valence-corrected chi connectivity index (χ0v) is 13.0. The molecule has 0 aliphatic heterocycles. The van der Waals surface area contributed by atoms with Crippen molar-refractivity contribution in [1.29, 1.82) is 0 Å². The second-order valence-electron chi connectivity index (χ2n) is 5.27. The summed E-state index contributed by atoms with van der Waals surface area (Å²) in [6.07, 6.45) is 4.60. The minimum Gasteiger partial charge on any atom is -0.401 e. The molecule has 0 saturated heterocycles. The molecular formula is C11H19N3O6P+. The topological polar surface area (TPSA) is 111 Å². The van der Waals surface area contributed by atoms with Crippen LogP contribution in [0, 0.1) is 0 Å². The summed E-state index contributed by atoms with van der Waals surface area (Å²) in [4.78, 5) is 7.75. The van der Waals surface area contributed by atoms with E-state index in [9.17, 15) is 4.57 Å². The molecule has 0 bridgehead atoms. The molecule has 0 saturated carbocycles. The predicted molar refractivity (Wildman–Crippen MR) is 72.8 cm³/mol. The van der Waals surface area contributed by atoms with Gasteiger partial charge in [0, 0.05) is 6.08 Å². The van der Waals surface area contributed by atoms with Crippen LogP contribution in [0.25, 0.3) is 5.53 Å². The van der Waals surface area contributed by atoms with E-state index in [-0.39, 0.29) is 18.8 Å². The maximum atomic E-state index is 11.9. The summed E-state index contributed by atoms with van der Waals surface area (Å²) in [7, 11) is 1.56. The van der Waals surface area contributed by atoms with Gasteiger partial charge in [0.15, 0.2) is 0 Å². The van der Waals surface area contributed by atoms with Crippen LogP contribution in [0.15, 0.2) is 24.0 Å². The average Bonchev–Trinajstić information content (AvgIpc) is 2.44. The minimum atomic E-state index is -4.27. The summed E-state index contributed by atoms with van der Waals surface area (Å²) in [6.45, 7) is 0.723. The molecule has 10 heteroatoms. The van der Waals surface area contributed by atoms with E-state index in [0.29, 0.717) is 16.7 Å². The van der Waals surface area contributed by atoms with Gasteiger partial charge in [0.25, 0.3) is 5.71 Å². The smallest absolute Gasteiger partial charge is 0.401 e. The maximum Gasteiger partial charge on any atom is 0.585 e. The van der Waals surface area contributed by atoms with Gasteiger partial charge in [-0.1, -0.05) is 0 Å². The Hall–Kier alpha value is -1.31. The first kappa shape index (κ1) is 17.7. The highest BCUT2D eigenvalue weighted by Gasteiger charge is 2.32. The van der Waals surface area contributed by atoms with Crippen molar-refractivity contribution in [3.8, 4) is 0 Å². The van der Waals surface area contributed by atoms with Gasteiger partial charge in [-0.05, 0) is 12.2 Å². The first-order valence-electron chi connectivity index (χ1n) is 6.11. The third kappa shape index (κ3) is 6.79. The van der Waals surface area contributed by atoms with Gasteiger partial charge in [-0.2, -0.15) is 4.79 Å². The fourth-order valence-electron chi connectivity index (χ4n) is 1.25. The van der Waals surface area contributed by atoms with Crippen molar-refractivity contribution >= 4 is 13.5 Å². The zero-order valence-electron chi connectivity index (χ0n) is 12.1. The van der Waals surface area contributed by atoms with E-state index in [2.05, 4.69) is 14.1 Å². The number of rotatable bonds is 8. The molecule has 118 valence electrons. The molecule has 1 unspecified atom stereocenters. The fraction of sp³-hybridized carbons (Fsp3) is 0.545. The second kappa shape index (κ2) is 7.63. The number of likely N-dealkylation sites (N-methyl/N-ethyl adjacent to an activating group) is 1. The van der Waals surface area contributed by atoms with Crippen molar-refractivity contribution < 1.29 is 37.9 Å². The summed E-state index contributed by atoms with van der Waals surface area (Å²) >= 11 is 0. The molecule has 1 aliphatic rings. The first-order chi connectivity index (χ1) is 9.78. The monoisotopic (exact) mass is 320 g/mol. The zero-order chi connectivity index (χ0) is 15.9. The third-order valence-corrected chi connectivity index (χ3v) is 3.31. The Morgan fingerprint density at radius 1 is 1.43 bits per heavy atom. The molecule has 0 amide bonds. The van der Waals surface area contributed by atoms with Crippen LogP contribution in [0.2, 0.25) is 0 Å². The molecule has 0 aromatic carbocycles. The standard InChI is InChI=1S/C11H18N3O6P/c1-14(2,3)8-9-17-20-21(16,19-15)18-11-6-4-10(13-12)5-7-11/h4,6-7H,5,8-9H2,1-3H3/p+1. The van der Waals surface area contributed by atoms with E-state index in [0.717, 1.165) is 0 Å². The highest BCUT2D eigenvalue weighted by atomic mass is 31.2. The molecule has 0 aromatic rings. The largest absolute Gasteiger partial charge is 0.585 e. The molecule has 0 aromatic heterocycles. The van der Waals surface area contributed by atoms with Crippen LogP contribution in [-0.2, 0) is 23.3 Å². The molecule has 0 fully saturated rings. The summed E-state index contributed by atoms with van der Waals surface area (Å²) in [5, 5.41) is 8.66. The molecular weight excluding hydrogens is 301 g/mol. The number of nitrogens with zero attached hydrogens (tertiary/aromatic N) is 3. The molecule has 0 heterocycles. The Labute approximate surface area is 122 Å². The van der Waals surface area contributed by atoms with Crippen molar-refractivity contribution in [2.75, 3.05) is 34.3 Å². The number of allylic oxidation sites excluding steroid dienone is 3. The molecule has 1 rings (SSSR count). The van der Waals surface area contributed by atoms with E-state index in [1.165, 1.54) is 18.2 Å². The lowest BCUT2D eigenvalue weighted by molar-refractivity contribution is -0.871. The summed E-state index contributed by atoms with van der Waals surface area (Å²) < 4.78 is 25.7. The van der Waals surface area contributed by atoms with Crippen LogP contribution >= 0.6 is 7.82 Å². The van der Waals surface area contributed by atoms with Crippen LogP contribution in [0.4, 0.5) is 0 Å². The summed E-state index contributed by atoms with van der Waals surface area (Å²) in [6, 6.07) is 0. The number of hydrogen-bond donors (Lipinski definition) is 1. The van der Waals surface area contributed by atoms with Crippen LogP contribution in [-0.4, -0.2) is 54.5 Å². The van der Waals surface area contributed by atoms with E-state index >= 15 is 0 Å². The SMILES string of the molecule is C[N+](C)(C)CCOOP(=O)(OO)OC1=CCC(=[N+]=[N-])C=C1. The molecule has 9 nitrogen and oxygen atoms in total. The molecule has 0 spiro atoms. The predicted octanol–water partition coefficient (Wildman–Crippen LogP) is 1.77. The van der Waals surface area contributed by atoms with Crippen molar-refractivity contribution in [3.63, 3.8) is 0 Å². The quantitative estimate of drug-likeness (QED) is 0.139. The van der Waals surface area contributed by atoms with E-state index in [1.54, 1.807) is 0 Å². The van der Waals surface area contributed by atoms with E-state index in [4.69, 9.17) is 20.2 Å². The Morgan fingerprint density at radius 3 is 2.62 bits per heavy atom. The fourth-order valence-corrected chi connectivity index (χ4v) is 1.94. The van der Waals surface area contributed by atoms with Crippen LogP contribution < -0.4 is 0 Å². The Balaban J connectivity index is 2.50. The molecule has 0 radical (unpaired) electrons. The highest BCUT2D eigenvalue weighted by Crippen LogP contribution is 2.51. The van der Waals surface area contributed by atoms with Crippen molar-refractivity contribution in [2.24, 2.45) is 0 Å². The Bertz CT molecular complexity index is 519. The van der Waals surface area contributed by atoms with Gasteiger partial charge in [-0.25, -0.2) is 14.7 Å². The van der Waals surface area contributed by atoms with E-state index < -0.39 is 7.82 Å². The first-order valence-corrected chi connectivity index (χ1v) is 7.58. The van der Waals surface area contributed by atoms with Crippen LogP contribution in [0.5, 0.6) is 0 Å². The molecule has 1 aliphatic carbocycles. The number of hydrogen-bond acceptors (Lipinski definition) is 6. The van der Waals surface area contributed by atoms with Gasteiger partial charge in [-0.15, -0.1) is 9.35 Å². The van der Waals surface area contributed by atoms with Crippen molar-refractivity contribution in [2.45, 2.75) is 6.42 Å². The Kier molecular flexibility index (Phi) is 6.44. The van der Waals surface area contributed by atoms with Crippen LogP contribution in [0.3, 0.4) is 0 Å². The van der Waals surface area contributed by atoms with Gasteiger partial charge >= 0.3 is 7.82 Å². The van der Waals surface area contributed by atoms with E-state index in [1.807, 2.05) is 21.1 Å². The van der Waals surface area contributed by atoms with Gasteiger partial charge in [0.1, 0.15) is 18.9 Å². The maximum absolute atomic E-state index is 11.9. The highest BCUT2D eigenvalue weighted by molar-refractivity contribution is 7.48. The van der Waals surface area contributed by atoms with Gasteiger partial charge < -0.3 is 14.5 Å². The lowest BCUT2D eigenvalue weighted by Gasteiger charge is -2.23.